The zero-order valence-electron chi connectivity index (χ0n) is 16.4. The third-order valence-corrected chi connectivity index (χ3v) is 4.80. The molecule has 1 aliphatic heterocycles. The van der Waals surface area contributed by atoms with Crippen LogP contribution in [0.4, 0.5) is 17.7 Å². The number of rotatable bonds is 7. The molecule has 1 saturated heterocycles. The number of methoxy groups -OCH3 is 1. The molecule has 3 heterocycles. The smallest absolute Gasteiger partial charge is 0.247 e. The largest absolute Gasteiger partial charge is 0.497 e. The highest BCUT2D eigenvalue weighted by Crippen LogP contribution is 2.16. The molecular weight excluding hydrogens is 368 g/mol. The highest BCUT2D eigenvalue weighted by Gasteiger charge is 2.21. The summed E-state index contributed by atoms with van der Waals surface area (Å²) in [6.07, 6.45) is 6.06. The molecule has 0 aliphatic carbocycles. The lowest BCUT2D eigenvalue weighted by Crippen LogP contribution is -2.47. The molecule has 0 atom stereocenters. The zero-order chi connectivity index (χ0) is 19.9. The fourth-order valence-corrected chi connectivity index (χ4v) is 3.24. The number of nitrogens with zero attached hydrogens (tertiary/aromatic N) is 7. The molecule has 0 amide bonds. The SMILES string of the molecule is COc1cccc(CCNc2cnnc(N3CCN(c4ncccn4)CC3)n2)c1. The van der Waals surface area contributed by atoms with E-state index < -0.39 is 0 Å². The molecule has 0 saturated carbocycles. The predicted octanol–water partition coefficient (Wildman–Crippen LogP) is 1.65. The minimum atomic E-state index is 0.644. The van der Waals surface area contributed by atoms with Crippen molar-refractivity contribution < 1.29 is 4.74 Å². The number of nitrogens with one attached hydrogen (secondary N) is 1. The Morgan fingerprint density at radius 2 is 1.76 bits per heavy atom. The minimum Gasteiger partial charge on any atom is -0.497 e. The number of benzene rings is 1. The standard InChI is InChI=1S/C20H24N8O/c1-29-17-5-2-4-16(14-17)6-9-21-18-15-24-26-20(25-18)28-12-10-27(11-13-28)19-22-7-3-8-23-19/h2-5,7-8,14-15H,6,9-13H2,1H3,(H,21,25,26). The molecule has 1 fully saturated rings. The van der Waals surface area contributed by atoms with Gasteiger partial charge < -0.3 is 19.9 Å². The van der Waals surface area contributed by atoms with E-state index in [9.17, 15) is 0 Å². The molecule has 0 unspecified atom stereocenters. The number of anilines is 3. The molecule has 2 aromatic heterocycles. The summed E-state index contributed by atoms with van der Waals surface area (Å²) in [5.74, 6) is 3.00. The Morgan fingerprint density at radius 3 is 2.52 bits per heavy atom. The van der Waals surface area contributed by atoms with Crippen molar-refractivity contribution in [2.45, 2.75) is 6.42 Å². The van der Waals surface area contributed by atoms with E-state index >= 15 is 0 Å². The summed E-state index contributed by atoms with van der Waals surface area (Å²) in [6.45, 7) is 3.99. The minimum absolute atomic E-state index is 0.644. The van der Waals surface area contributed by atoms with Crippen LogP contribution in [0.15, 0.2) is 48.9 Å². The van der Waals surface area contributed by atoms with Crippen LogP contribution in [0.1, 0.15) is 5.56 Å². The van der Waals surface area contributed by atoms with Gasteiger partial charge >= 0.3 is 0 Å². The van der Waals surface area contributed by atoms with E-state index in [1.807, 2.05) is 24.3 Å². The second-order valence-corrected chi connectivity index (χ2v) is 6.69. The van der Waals surface area contributed by atoms with Crippen LogP contribution in [0.3, 0.4) is 0 Å². The molecule has 4 rings (SSSR count). The van der Waals surface area contributed by atoms with Gasteiger partial charge in [0.1, 0.15) is 5.75 Å². The summed E-state index contributed by atoms with van der Waals surface area (Å²) in [5.41, 5.74) is 1.21. The first-order valence-electron chi connectivity index (χ1n) is 9.65. The van der Waals surface area contributed by atoms with Crippen LogP contribution in [-0.2, 0) is 6.42 Å². The zero-order valence-corrected chi connectivity index (χ0v) is 16.4. The van der Waals surface area contributed by atoms with Crippen LogP contribution < -0.4 is 19.9 Å². The van der Waals surface area contributed by atoms with E-state index in [4.69, 9.17) is 4.74 Å². The molecule has 0 spiro atoms. The van der Waals surface area contributed by atoms with Crippen LogP contribution in [0.2, 0.25) is 0 Å². The quantitative estimate of drug-likeness (QED) is 0.644. The maximum Gasteiger partial charge on any atom is 0.247 e. The van der Waals surface area contributed by atoms with Crippen molar-refractivity contribution in [1.29, 1.82) is 0 Å². The van der Waals surface area contributed by atoms with Crippen LogP contribution in [0, 0.1) is 0 Å². The van der Waals surface area contributed by atoms with Gasteiger partial charge in [-0.05, 0) is 30.2 Å². The third kappa shape index (κ3) is 4.87. The summed E-state index contributed by atoms with van der Waals surface area (Å²) in [4.78, 5) is 17.6. The van der Waals surface area contributed by atoms with E-state index in [2.05, 4.69) is 46.3 Å². The van der Waals surface area contributed by atoms with Gasteiger partial charge in [0.25, 0.3) is 0 Å². The van der Waals surface area contributed by atoms with Gasteiger partial charge in [-0.1, -0.05) is 12.1 Å². The molecule has 0 radical (unpaired) electrons. The van der Waals surface area contributed by atoms with Gasteiger partial charge in [0.2, 0.25) is 11.9 Å². The summed E-state index contributed by atoms with van der Waals surface area (Å²) < 4.78 is 5.27. The average Bonchev–Trinajstić information content (AvgIpc) is 2.80. The molecule has 29 heavy (non-hydrogen) atoms. The van der Waals surface area contributed by atoms with E-state index in [1.54, 1.807) is 25.7 Å². The summed E-state index contributed by atoms with van der Waals surface area (Å²) in [5, 5.41) is 11.7. The molecule has 9 nitrogen and oxygen atoms in total. The van der Waals surface area contributed by atoms with Crippen molar-refractivity contribution in [3.8, 4) is 5.75 Å². The Morgan fingerprint density at radius 1 is 1.00 bits per heavy atom. The first kappa shape index (κ1) is 18.9. The summed E-state index contributed by atoms with van der Waals surface area (Å²) >= 11 is 0. The first-order chi connectivity index (χ1) is 14.3. The first-order valence-corrected chi connectivity index (χ1v) is 9.65. The fraction of sp³-hybridized carbons (Fsp3) is 0.350. The number of aromatic nitrogens is 5. The predicted molar refractivity (Wildman–Crippen MR) is 111 cm³/mol. The van der Waals surface area contributed by atoms with Gasteiger partial charge in [-0.2, -0.15) is 10.1 Å². The van der Waals surface area contributed by atoms with E-state index in [1.165, 1.54) is 5.56 Å². The molecule has 9 heteroatoms. The van der Waals surface area contributed by atoms with E-state index in [0.29, 0.717) is 5.95 Å². The van der Waals surface area contributed by atoms with Crippen molar-refractivity contribution >= 4 is 17.7 Å². The Bertz CT molecular complexity index is 915. The Balaban J connectivity index is 1.31. The third-order valence-electron chi connectivity index (χ3n) is 4.80. The second-order valence-electron chi connectivity index (χ2n) is 6.69. The Hall–Kier alpha value is -3.49. The van der Waals surface area contributed by atoms with Gasteiger partial charge in [0.05, 0.1) is 13.3 Å². The number of hydrogen-bond acceptors (Lipinski definition) is 9. The summed E-state index contributed by atoms with van der Waals surface area (Å²) in [6, 6.07) is 9.90. The van der Waals surface area contributed by atoms with Crippen molar-refractivity contribution in [2.75, 3.05) is 55.0 Å². The van der Waals surface area contributed by atoms with Gasteiger partial charge in [-0.15, -0.1) is 5.10 Å². The van der Waals surface area contributed by atoms with Crippen molar-refractivity contribution in [3.63, 3.8) is 0 Å². The maximum atomic E-state index is 5.27. The van der Waals surface area contributed by atoms with Crippen molar-refractivity contribution in [3.05, 3.63) is 54.5 Å². The molecule has 150 valence electrons. The van der Waals surface area contributed by atoms with Gasteiger partial charge in [0, 0.05) is 45.1 Å². The normalized spacial score (nSPS) is 14.0. The van der Waals surface area contributed by atoms with E-state index in [-0.39, 0.29) is 0 Å². The number of piperazine rings is 1. The van der Waals surface area contributed by atoms with Gasteiger partial charge in [0.15, 0.2) is 5.82 Å². The average molecular weight is 392 g/mol. The Labute approximate surface area is 169 Å². The Kier molecular flexibility index (Phi) is 5.94. The van der Waals surface area contributed by atoms with Crippen LogP contribution in [0.5, 0.6) is 5.75 Å². The molecule has 3 aromatic rings. The number of hydrogen-bond donors (Lipinski definition) is 1. The lowest BCUT2D eigenvalue weighted by atomic mass is 10.1. The topological polar surface area (TPSA) is 92.2 Å². The van der Waals surface area contributed by atoms with Crippen LogP contribution >= 0.6 is 0 Å². The second kappa shape index (κ2) is 9.13. The van der Waals surface area contributed by atoms with Gasteiger partial charge in [-0.25, -0.2) is 9.97 Å². The molecule has 1 N–H and O–H groups in total. The maximum absolute atomic E-state index is 5.27. The lowest BCUT2D eigenvalue weighted by molar-refractivity contribution is 0.414. The van der Waals surface area contributed by atoms with Crippen molar-refractivity contribution in [1.82, 2.24) is 25.1 Å². The number of ether oxygens (including phenoxy) is 1. The summed E-state index contributed by atoms with van der Waals surface area (Å²) in [7, 11) is 1.68. The lowest BCUT2D eigenvalue weighted by Gasteiger charge is -2.34. The highest BCUT2D eigenvalue weighted by atomic mass is 16.5. The van der Waals surface area contributed by atoms with Gasteiger partial charge in [-0.3, -0.25) is 0 Å². The molecule has 0 bridgehead atoms. The highest BCUT2D eigenvalue weighted by molar-refractivity contribution is 5.41. The fourth-order valence-electron chi connectivity index (χ4n) is 3.24. The molecular formula is C20H24N8O. The van der Waals surface area contributed by atoms with Crippen LogP contribution in [-0.4, -0.2) is 65.0 Å². The molecule has 1 aliphatic rings. The monoisotopic (exact) mass is 392 g/mol. The van der Waals surface area contributed by atoms with Crippen LogP contribution in [0.25, 0.3) is 0 Å². The van der Waals surface area contributed by atoms with Crippen molar-refractivity contribution in [2.24, 2.45) is 0 Å². The molecule has 1 aromatic carbocycles. The van der Waals surface area contributed by atoms with E-state index in [0.717, 1.165) is 56.7 Å².